The van der Waals surface area contributed by atoms with Gasteiger partial charge in [0, 0.05) is 14.1 Å². The van der Waals surface area contributed by atoms with Crippen molar-refractivity contribution in [1.29, 1.82) is 0 Å². The molecular formula is C13H18N2O5. The zero-order valence-electron chi connectivity index (χ0n) is 11.9. The molecule has 110 valence electrons. The van der Waals surface area contributed by atoms with Gasteiger partial charge in [0.05, 0.1) is 12.8 Å². The van der Waals surface area contributed by atoms with E-state index >= 15 is 0 Å². The molecule has 1 aromatic heterocycles. The minimum atomic E-state index is -1.34. The van der Waals surface area contributed by atoms with Crippen LogP contribution in [0.3, 0.4) is 0 Å². The Kier molecular flexibility index (Phi) is 4.54. The minimum absolute atomic E-state index is 0.125. The number of hydrogen-bond acceptors (Lipinski definition) is 4. The van der Waals surface area contributed by atoms with E-state index in [1.165, 1.54) is 45.2 Å². The van der Waals surface area contributed by atoms with Crippen LogP contribution in [0.25, 0.3) is 0 Å². The van der Waals surface area contributed by atoms with Gasteiger partial charge in [0.25, 0.3) is 5.91 Å². The van der Waals surface area contributed by atoms with Gasteiger partial charge in [0.1, 0.15) is 5.54 Å². The van der Waals surface area contributed by atoms with Crippen LogP contribution in [0.15, 0.2) is 22.8 Å². The van der Waals surface area contributed by atoms with Crippen LogP contribution in [-0.2, 0) is 9.59 Å². The lowest BCUT2D eigenvalue weighted by molar-refractivity contribution is -0.155. The van der Waals surface area contributed by atoms with Crippen molar-refractivity contribution in [1.82, 2.24) is 9.80 Å². The molecular weight excluding hydrogens is 264 g/mol. The Bertz CT molecular complexity index is 507. The van der Waals surface area contributed by atoms with E-state index in [9.17, 15) is 14.4 Å². The molecule has 1 heterocycles. The van der Waals surface area contributed by atoms with Gasteiger partial charge in [-0.15, -0.1) is 0 Å². The van der Waals surface area contributed by atoms with Gasteiger partial charge in [-0.2, -0.15) is 0 Å². The third-order valence-electron chi connectivity index (χ3n) is 3.19. The highest BCUT2D eigenvalue weighted by atomic mass is 16.4. The first-order valence-corrected chi connectivity index (χ1v) is 5.97. The summed E-state index contributed by atoms with van der Waals surface area (Å²) in [6.07, 6.45) is 1.36. The highest BCUT2D eigenvalue weighted by Crippen LogP contribution is 2.13. The normalized spacial score (nSPS) is 11.0. The van der Waals surface area contributed by atoms with Crippen molar-refractivity contribution in [3.05, 3.63) is 24.2 Å². The van der Waals surface area contributed by atoms with Crippen LogP contribution in [0.2, 0.25) is 0 Å². The summed E-state index contributed by atoms with van der Waals surface area (Å²) in [5.74, 6) is -1.90. The Morgan fingerprint density at radius 1 is 1.30 bits per heavy atom. The lowest BCUT2D eigenvalue weighted by atomic mass is 10.0. The Morgan fingerprint density at radius 2 is 1.90 bits per heavy atom. The first kappa shape index (κ1) is 15.7. The highest BCUT2D eigenvalue weighted by molar-refractivity contribution is 5.95. The Morgan fingerprint density at radius 3 is 2.35 bits per heavy atom. The molecule has 0 fully saturated rings. The van der Waals surface area contributed by atoms with Crippen molar-refractivity contribution < 1.29 is 23.9 Å². The second-order valence-corrected chi connectivity index (χ2v) is 4.96. The second-order valence-electron chi connectivity index (χ2n) is 4.96. The van der Waals surface area contributed by atoms with Gasteiger partial charge < -0.3 is 19.3 Å². The van der Waals surface area contributed by atoms with E-state index in [4.69, 9.17) is 9.52 Å². The van der Waals surface area contributed by atoms with E-state index in [0.29, 0.717) is 0 Å². The van der Waals surface area contributed by atoms with Crippen molar-refractivity contribution in [2.45, 2.75) is 19.4 Å². The number of carboxylic acids is 1. The van der Waals surface area contributed by atoms with Crippen LogP contribution in [0.5, 0.6) is 0 Å². The average molecular weight is 282 g/mol. The van der Waals surface area contributed by atoms with Crippen LogP contribution in [0.4, 0.5) is 0 Å². The van der Waals surface area contributed by atoms with E-state index in [-0.39, 0.29) is 12.3 Å². The average Bonchev–Trinajstić information content (AvgIpc) is 2.90. The van der Waals surface area contributed by atoms with E-state index in [1.54, 1.807) is 6.07 Å². The molecule has 0 saturated carbocycles. The third kappa shape index (κ3) is 3.17. The quantitative estimate of drug-likeness (QED) is 0.857. The molecule has 7 nitrogen and oxygen atoms in total. The van der Waals surface area contributed by atoms with Gasteiger partial charge in [0.2, 0.25) is 5.91 Å². The third-order valence-corrected chi connectivity index (χ3v) is 3.19. The van der Waals surface area contributed by atoms with Gasteiger partial charge in [0.15, 0.2) is 5.76 Å². The zero-order chi connectivity index (χ0) is 15.5. The molecule has 0 radical (unpaired) electrons. The molecule has 1 N–H and O–H groups in total. The van der Waals surface area contributed by atoms with Crippen molar-refractivity contribution in [2.24, 2.45) is 0 Å². The highest BCUT2D eigenvalue weighted by Gasteiger charge is 2.35. The Hall–Kier alpha value is -2.31. The van der Waals surface area contributed by atoms with Gasteiger partial charge in [-0.3, -0.25) is 9.59 Å². The molecule has 0 bridgehead atoms. The molecule has 0 aliphatic rings. The number of carbonyl (C=O) groups excluding carboxylic acids is 2. The summed E-state index contributed by atoms with van der Waals surface area (Å²) >= 11 is 0. The maximum atomic E-state index is 12.0. The number of nitrogens with zero attached hydrogens (tertiary/aromatic N) is 2. The Labute approximate surface area is 116 Å². The first-order chi connectivity index (χ1) is 9.17. The molecule has 20 heavy (non-hydrogen) atoms. The standard InChI is InChI=1S/C13H18N2O5/c1-13(2,12(18)19)15(4)10(16)8-14(3)11(17)9-6-5-7-20-9/h5-7H,8H2,1-4H3,(H,18,19). The Balaban J connectivity index is 2.71. The van der Waals surface area contributed by atoms with E-state index in [0.717, 1.165) is 4.90 Å². The summed E-state index contributed by atoms with van der Waals surface area (Å²) in [5.41, 5.74) is -1.34. The number of furan rings is 1. The minimum Gasteiger partial charge on any atom is -0.480 e. The summed E-state index contributed by atoms with van der Waals surface area (Å²) in [6.45, 7) is 2.61. The molecule has 0 spiro atoms. The topological polar surface area (TPSA) is 91.1 Å². The summed E-state index contributed by atoms with van der Waals surface area (Å²) in [7, 11) is 2.84. The summed E-state index contributed by atoms with van der Waals surface area (Å²) in [5, 5.41) is 9.06. The molecule has 0 atom stereocenters. The maximum absolute atomic E-state index is 12.0. The fourth-order valence-corrected chi connectivity index (χ4v) is 1.42. The van der Waals surface area contributed by atoms with E-state index in [1.807, 2.05) is 0 Å². The van der Waals surface area contributed by atoms with Crippen molar-refractivity contribution in [2.75, 3.05) is 20.6 Å². The number of likely N-dealkylation sites (N-methyl/N-ethyl adjacent to an activating group) is 2. The fraction of sp³-hybridized carbons (Fsp3) is 0.462. The van der Waals surface area contributed by atoms with Crippen LogP contribution in [0.1, 0.15) is 24.4 Å². The predicted octanol–water partition coefficient (Wildman–Crippen LogP) is 0.673. The zero-order valence-corrected chi connectivity index (χ0v) is 11.9. The largest absolute Gasteiger partial charge is 0.480 e. The van der Waals surface area contributed by atoms with Crippen LogP contribution in [-0.4, -0.2) is 58.9 Å². The second kappa shape index (κ2) is 5.77. The molecule has 0 unspecified atom stereocenters. The number of hydrogen-bond donors (Lipinski definition) is 1. The van der Waals surface area contributed by atoms with Gasteiger partial charge in [-0.1, -0.05) is 0 Å². The molecule has 0 saturated heterocycles. The van der Waals surface area contributed by atoms with Crippen molar-refractivity contribution in [3.63, 3.8) is 0 Å². The molecule has 2 amide bonds. The van der Waals surface area contributed by atoms with Crippen LogP contribution < -0.4 is 0 Å². The smallest absolute Gasteiger partial charge is 0.329 e. The van der Waals surface area contributed by atoms with Crippen LogP contribution in [0, 0.1) is 0 Å². The monoisotopic (exact) mass is 282 g/mol. The molecule has 0 aliphatic carbocycles. The van der Waals surface area contributed by atoms with E-state index in [2.05, 4.69) is 0 Å². The SMILES string of the molecule is CN(CC(=O)N(C)C(C)(C)C(=O)O)C(=O)c1ccco1. The lowest BCUT2D eigenvalue weighted by Gasteiger charge is -2.32. The van der Waals surface area contributed by atoms with Gasteiger partial charge >= 0.3 is 5.97 Å². The van der Waals surface area contributed by atoms with Gasteiger partial charge in [-0.05, 0) is 26.0 Å². The molecule has 0 aliphatic heterocycles. The molecule has 1 rings (SSSR count). The molecule has 1 aromatic rings. The van der Waals surface area contributed by atoms with E-state index < -0.39 is 23.3 Å². The lowest BCUT2D eigenvalue weighted by Crippen LogP contribution is -2.53. The number of carboxylic acid groups (broad SMARTS) is 1. The predicted molar refractivity (Wildman–Crippen MR) is 70.2 cm³/mol. The number of amides is 2. The summed E-state index contributed by atoms with van der Waals surface area (Å²) in [4.78, 5) is 37.3. The maximum Gasteiger partial charge on any atom is 0.329 e. The first-order valence-electron chi connectivity index (χ1n) is 5.97. The summed E-state index contributed by atoms with van der Waals surface area (Å²) in [6, 6.07) is 3.07. The summed E-state index contributed by atoms with van der Waals surface area (Å²) < 4.78 is 4.95. The molecule has 0 aromatic carbocycles. The van der Waals surface area contributed by atoms with Crippen molar-refractivity contribution >= 4 is 17.8 Å². The number of aliphatic carboxylic acids is 1. The van der Waals surface area contributed by atoms with Crippen LogP contribution >= 0.6 is 0 Å². The van der Waals surface area contributed by atoms with Gasteiger partial charge in [-0.25, -0.2) is 4.79 Å². The molecule has 7 heteroatoms. The fourth-order valence-electron chi connectivity index (χ4n) is 1.42. The van der Waals surface area contributed by atoms with Crippen molar-refractivity contribution in [3.8, 4) is 0 Å². The number of carbonyl (C=O) groups is 3. The number of rotatable bonds is 5.